The lowest BCUT2D eigenvalue weighted by atomic mass is 9.82. The summed E-state index contributed by atoms with van der Waals surface area (Å²) < 4.78 is 67.3. The molecule has 8 nitrogen and oxygen atoms in total. The Bertz CT molecular complexity index is 1210. The second kappa shape index (κ2) is 24.2. The number of allylic oxidation sites excluding steroid dienone is 1. The zero-order valence-corrected chi connectivity index (χ0v) is 32.2. The van der Waals surface area contributed by atoms with Crippen molar-refractivity contribution in [2.75, 3.05) is 13.7 Å². The lowest BCUT2D eigenvalue weighted by Crippen LogP contribution is -2.57. The number of aliphatic hydroxyl groups is 1. The number of carbonyl (C=O) groups is 3. The molecule has 0 saturated heterocycles. The Morgan fingerprint density at radius 3 is 1.96 bits per heavy atom. The smallest absolute Gasteiger partial charge is 0.340 e. The summed E-state index contributed by atoms with van der Waals surface area (Å²) in [5.74, 6) is -6.88. The van der Waals surface area contributed by atoms with Gasteiger partial charge in [-0.15, -0.1) is 0 Å². The first-order valence-corrected chi connectivity index (χ1v) is 19.0. The van der Waals surface area contributed by atoms with Gasteiger partial charge in [0.1, 0.15) is 17.4 Å². The van der Waals surface area contributed by atoms with E-state index in [-0.39, 0.29) is 19.3 Å². The number of likely N-dealkylation sites (N-methyl/N-ethyl adjacent to an activating group) is 1. The quantitative estimate of drug-likeness (QED) is 0.0359. The van der Waals surface area contributed by atoms with E-state index in [0.717, 1.165) is 38.5 Å². The molecule has 12 heteroatoms. The van der Waals surface area contributed by atoms with Crippen molar-refractivity contribution in [1.82, 2.24) is 10.6 Å². The molecule has 0 aliphatic heterocycles. The third-order valence-corrected chi connectivity index (χ3v) is 8.66. The van der Waals surface area contributed by atoms with Crippen molar-refractivity contribution in [3.8, 4) is 5.75 Å². The minimum absolute atomic E-state index is 0.0225. The molecule has 3 atom stereocenters. The maximum Gasteiger partial charge on any atom is 0.340 e. The first-order valence-electron chi connectivity index (χ1n) is 19.0. The molecular weight excluding hydrogens is 680 g/mol. The summed E-state index contributed by atoms with van der Waals surface area (Å²) in [6.07, 6.45) is 6.56. The van der Waals surface area contributed by atoms with Crippen molar-refractivity contribution in [1.29, 1.82) is 0 Å². The number of carbonyl (C=O) groups excluding carboxylic acids is 3. The van der Waals surface area contributed by atoms with Crippen LogP contribution in [0.15, 0.2) is 36.4 Å². The molecule has 0 unspecified atom stereocenters. The normalized spacial score (nSPS) is 14.5. The van der Waals surface area contributed by atoms with Crippen LogP contribution in [0.4, 0.5) is 17.6 Å². The van der Waals surface area contributed by atoms with Crippen LogP contribution >= 0.6 is 0 Å². The SMILES string of the molecule is CCCCCCCC(F)(F)CCCCCC/C=C/[C@H](C(=O)N[C@@H](Cc1ccc(OCCCC)cc1)C(=O)NC)[C@@](O)(CC(F)F)C(=O)OC(C)(C)C. The van der Waals surface area contributed by atoms with E-state index in [0.29, 0.717) is 56.4 Å². The average Bonchev–Trinajstić information content (AvgIpc) is 3.06. The van der Waals surface area contributed by atoms with Crippen LogP contribution < -0.4 is 15.4 Å². The molecule has 0 aromatic heterocycles. The Balaban J connectivity index is 3.10. The number of hydrogen-bond acceptors (Lipinski definition) is 6. The molecule has 0 aliphatic carbocycles. The molecule has 298 valence electrons. The number of amides is 2. The van der Waals surface area contributed by atoms with Crippen molar-refractivity contribution in [3.63, 3.8) is 0 Å². The fraction of sp³-hybridized carbons (Fsp3) is 0.725. The fourth-order valence-electron chi connectivity index (χ4n) is 5.68. The van der Waals surface area contributed by atoms with Crippen LogP contribution in [-0.2, 0) is 25.5 Å². The Morgan fingerprint density at radius 1 is 0.846 bits per heavy atom. The summed E-state index contributed by atoms with van der Waals surface area (Å²) in [6, 6.07) is 5.78. The number of alkyl halides is 4. The van der Waals surface area contributed by atoms with Gasteiger partial charge in [0, 0.05) is 32.7 Å². The number of nitrogens with one attached hydrogen (secondary N) is 2. The molecule has 0 bridgehead atoms. The fourth-order valence-corrected chi connectivity index (χ4v) is 5.68. The zero-order valence-electron chi connectivity index (χ0n) is 32.2. The Labute approximate surface area is 308 Å². The van der Waals surface area contributed by atoms with Crippen molar-refractivity contribution in [2.24, 2.45) is 5.92 Å². The van der Waals surface area contributed by atoms with E-state index in [1.807, 2.05) is 0 Å². The molecule has 0 spiro atoms. The molecule has 0 fully saturated rings. The summed E-state index contributed by atoms with van der Waals surface area (Å²) in [5.41, 5.74) is -3.46. The Kier molecular flexibility index (Phi) is 21.8. The Morgan fingerprint density at radius 2 is 1.42 bits per heavy atom. The number of hydrogen-bond donors (Lipinski definition) is 3. The first-order chi connectivity index (χ1) is 24.5. The van der Waals surface area contributed by atoms with E-state index in [1.165, 1.54) is 40.0 Å². The van der Waals surface area contributed by atoms with E-state index in [4.69, 9.17) is 9.47 Å². The first kappa shape index (κ1) is 46.9. The molecule has 0 saturated carbocycles. The van der Waals surface area contributed by atoms with E-state index in [1.54, 1.807) is 24.3 Å². The highest BCUT2D eigenvalue weighted by Gasteiger charge is 2.51. The summed E-state index contributed by atoms with van der Waals surface area (Å²) in [6.45, 7) is 9.20. The van der Waals surface area contributed by atoms with Gasteiger partial charge < -0.3 is 25.2 Å². The number of esters is 1. The predicted molar refractivity (Wildman–Crippen MR) is 197 cm³/mol. The molecule has 2 amide bonds. The van der Waals surface area contributed by atoms with E-state index in [9.17, 15) is 37.1 Å². The van der Waals surface area contributed by atoms with Crippen LogP contribution in [-0.4, -0.2) is 66.1 Å². The number of rotatable bonds is 27. The van der Waals surface area contributed by atoms with E-state index in [2.05, 4.69) is 24.5 Å². The molecule has 1 aromatic rings. The van der Waals surface area contributed by atoms with Crippen LogP contribution in [0.3, 0.4) is 0 Å². The zero-order chi connectivity index (χ0) is 39.2. The van der Waals surface area contributed by atoms with Gasteiger partial charge in [-0.05, 0) is 70.6 Å². The van der Waals surface area contributed by atoms with E-state index >= 15 is 0 Å². The van der Waals surface area contributed by atoms with Crippen molar-refractivity contribution in [3.05, 3.63) is 42.0 Å². The van der Waals surface area contributed by atoms with Gasteiger partial charge >= 0.3 is 5.97 Å². The predicted octanol–water partition coefficient (Wildman–Crippen LogP) is 8.88. The van der Waals surface area contributed by atoms with Gasteiger partial charge in [-0.2, -0.15) is 0 Å². The summed E-state index contributed by atoms with van der Waals surface area (Å²) in [5, 5.41) is 16.6. The summed E-state index contributed by atoms with van der Waals surface area (Å²) in [7, 11) is 1.38. The maximum atomic E-state index is 14.3. The minimum atomic E-state index is -3.18. The van der Waals surface area contributed by atoms with Gasteiger partial charge in [0.15, 0.2) is 5.60 Å². The molecule has 1 rings (SSSR count). The summed E-state index contributed by atoms with van der Waals surface area (Å²) >= 11 is 0. The standard InChI is InChI=1S/C40H64F4N2O6/c1-7-9-11-15-18-25-39(43,44)26-19-16-13-12-14-17-20-32(40(50,29-34(41)42)37(49)52-38(3,4)5)35(47)46-33(36(48)45-6)28-30-21-23-31(24-22-30)51-27-10-8-2/h17,20-24,32-34,50H,7-16,18-19,25-29H2,1-6H3,(H,45,48)(H,46,47)/b20-17+/t32-,33+,40+/m1/s1. The number of ether oxygens (including phenoxy) is 2. The monoisotopic (exact) mass is 744 g/mol. The van der Waals surface area contributed by atoms with E-state index < -0.39 is 59.7 Å². The average molecular weight is 745 g/mol. The second-order valence-electron chi connectivity index (χ2n) is 14.6. The maximum absolute atomic E-state index is 14.3. The van der Waals surface area contributed by atoms with Gasteiger partial charge in [-0.1, -0.05) is 83.1 Å². The Hall–Kier alpha value is -3.15. The number of halogens is 4. The molecule has 52 heavy (non-hydrogen) atoms. The van der Waals surface area contributed by atoms with Crippen LogP contribution in [0.25, 0.3) is 0 Å². The van der Waals surface area contributed by atoms with Crippen LogP contribution in [0, 0.1) is 5.92 Å². The molecule has 0 heterocycles. The lowest BCUT2D eigenvalue weighted by molar-refractivity contribution is -0.188. The highest BCUT2D eigenvalue weighted by Crippen LogP contribution is 2.32. The van der Waals surface area contributed by atoms with Crippen LogP contribution in [0.1, 0.15) is 136 Å². The number of benzene rings is 1. The third kappa shape index (κ3) is 19.1. The van der Waals surface area contributed by atoms with Crippen molar-refractivity contribution in [2.45, 2.75) is 167 Å². The van der Waals surface area contributed by atoms with Crippen LogP contribution in [0.2, 0.25) is 0 Å². The molecule has 0 aliphatic rings. The topological polar surface area (TPSA) is 114 Å². The molecule has 3 N–H and O–H groups in total. The van der Waals surface area contributed by atoms with Crippen LogP contribution in [0.5, 0.6) is 5.75 Å². The van der Waals surface area contributed by atoms with Gasteiger partial charge in [0.25, 0.3) is 0 Å². The second-order valence-corrected chi connectivity index (χ2v) is 14.6. The van der Waals surface area contributed by atoms with Gasteiger partial charge in [-0.25, -0.2) is 22.4 Å². The highest BCUT2D eigenvalue weighted by molar-refractivity contribution is 5.94. The van der Waals surface area contributed by atoms with Crippen molar-refractivity contribution >= 4 is 17.8 Å². The van der Waals surface area contributed by atoms with Gasteiger partial charge in [-0.3, -0.25) is 9.59 Å². The largest absolute Gasteiger partial charge is 0.494 e. The molecular formula is C40H64F4N2O6. The number of unbranched alkanes of at least 4 members (excludes halogenated alkanes) is 9. The third-order valence-electron chi connectivity index (χ3n) is 8.66. The molecule has 0 radical (unpaired) electrons. The molecule has 1 aromatic carbocycles. The van der Waals surface area contributed by atoms with Gasteiger partial charge in [0.2, 0.25) is 24.2 Å². The minimum Gasteiger partial charge on any atom is -0.494 e. The van der Waals surface area contributed by atoms with Crippen molar-refractivity contribution < 1.29 is 46.5 Å². The van der Waals surface area contributed by atoms with Gasteiger partial charge in [0.05, 0.1) is 12.5 Å². The summed E-state index contributed by atoms with van der Waals surface area (Å²) in [4.78, 5) is 40.0. The highest BCUT2D eigenvalue weighted by atomic mass is 19.3. The lowest BCUT2D eigenvalue weighted by Gasteiger charge is -2.34.